The molecule has 3 nitrogen and oxygen atoms in total. The van der Waals surface area contributed by atoms with E-state index in [1.54, 1.807) is 0 Å². The Balaban J connectivity index is 2.79. The van der Waals surface area contributed by atoms with Gasteiger partial charge in [-0.1, -0.05) is 6.07 Å². The molecular weight excluding hydrogens is 144 g/mol. The van der Waals surface area contributed by atoms with Gasteiger partial charge in [0.25, 0.3) is 0 Å². The molecule has 0 bridgehead atoms. The average molecular weight is 151 g/mol. The smallest absolute Gasteiger partial charge is 0.307 e. The predicted octanol–water partition coefficient (Wildman–Crippen LogP) is 0.819. The van der Waals surface area contributed by atoms with Gasteiger partial charge in [-0.05, 0) is 23.8 Å². The second-order valence-electron chi connectivity index (χ2n) is 2.14. The maximum atomic E-state index is 10.2. The van der Waals surface area contributed by atoms with Gasteiger partial charge in [-0.3, -0.25) is 4.79 Å². The van der Waals surface area contributed by atoms with E-state index in [-0.39, 0.29) is 12.2 Å². The second-order valence-corrected chi connectivity index (χ2v) is 2.14. The second kappa shape index (κ2) is 3.05. The zero-order valence-corrected chi connectivity index (χ0v) is 5.74. The summed E-state index contributed by atoms with van der Waals surface area (Å²) in [7, 11) is 0. The number of benzene rings is 1. The molecule has 1 aromatic carbocycles. The predicted molar refractivity (Wildman–Crippen MR) is 38.3 cm³/mol. The van der Waals surface area contributed by atoms with E-state index in [4.69, 9.17) is 10.2 Å². The SMILES string of the molecule is O=C(O)Cc1[c]ccc(O)c1. The number of hydrogen-bond donors (Lipinski definition) is 2. The van der Waals surface area contributed by atoms with E-state index in [2.05, 4.69) is 6.07 Å². The van der Waals surface area contributed by atoms with E-state index in [0.717, 1.165) is 0 Å². The van der Waals surface area contributed by atoms with Gasteiger partial charge in [0.15, 0.2) is 0 Å². The summed E-state index contributed by atoms with van der Waals surface area (Å²) < 4.78 is 0. The summed E-state index contributed by atoms with van der Waals surface area (Å²) in [6, 6.07) is 7.03. The average Bonchev–Trinajstić information content (AvgIpc) is 1.85. The number of hydrogen-bond acceptors (Lipinski definition) is 2. The fourth-order valence-corrected chi connectivity index (χ4v) is 0.767. The van der Waals surface area contributed by atoms with E-state index in [1.807, 2.05) is 0 Å². The number of carboxylic acids is 1. The number of carbonyl (C=O) groups is 1. The van der Waals surface area contributed by atoms with E-state index in [0.29, 0.717) is 5.56 Å². The molecule has 57 valence electrons. The number of rotatable bonds is 2. The molecule has 0 aliphatic heterocycles. The molecule has 0 saturated carbocycles. The Morgan fingerprint density at radius 3 is 2.91 bits per heavy atom. The van der Waals surface area contributed by atoms with Crippen molar-refractivity contribution in [2.75, 3.05) is 0 Å². The number of aromatic hydroxyl groups is 1. The lowest BCUT2D eigenvalue weighted by atomic mass is 10.1. The third-order valence-corrected chi connectivity index (χ3v) is 1.19. The van der Waals surface area contributed by atoms with Crippen LogP contribution < -0.4 is 0 Å². The van der Waals surface area contributed by atoms with Crippen LogP contribution in [0, 0.1) is 6.07 Å². The van der Waals surface area contributed by atoms with Crippen molar-refractivity contribution in [1.82, 2.24) is 0 Å². The van der Waals surface area contributed by atoms with Crippen molar-refractivity contribution in [3.8, 4) is 5.75 Å². The van der Waals surface area contributed by atoms with Gasteiger partial charge in [0.2, 0.25) is 0 Å². The molecule has 1 aromatic rings. The fraction of sp³-hybridized carbons (Fsp3) is 0.125. The first-order valence-corrected chi connectivity index (χ1v) is 3.10. The van der Waals surface area contributed by atoms with Gasteiger partial charge in [-0.2, -0.15) is 0 Å². The van der Waals surface area contributed by atoms with Gasteiger partial charge in [0, 0.05) is 0 Å². The third-order valence-electron chi connectivity index (χ3n) is 1.19. The quantitative estimate of drug-likeness (QED) is 0.657. The van der Waals surface area contributed by atoms with Crippen molar-refractivity contribution < 1.29 is 15.0 Å². The highest BCUT2D eigenvalue weighted by Crippen LogP contribution is 2.10. The molecule has 0 aromatic heterocycles. The van der Waals surface area contributed by atoms with Crippen molar-refractivity contribution in [1.29, 1.82) is 0 Å². The van der Waals surface area contributed by atoms with E-state index in [9.17, 15) is 4.79 Å². The molecule has 0 aliphatic rings. The Hall–Kier alpha value is -1.51. The summed E-state index contributed by atoms with van der Waals surface area (Å²) in [6.07, 6.45) is -0.103. The lowest BCUT2D eigenvalue weighted by Gasteiger charge is -1.95. The maximum absolute atomic E-state index is 10.2. The van der Waals surface area contributed by atoms with Crippen molar-refractivity contribution in [3.63, 3.8) is 0 Å². The summed E-state index contributed by atoms with van der Waals surface area (Å²) in [4.78, 5) is 10.2. The van der Waals surface area contributed by atoms with Gasteiger partial charge < -0.3 is 10.2 Å². The highest BCUT2D eigenvalue weighted by Gasteiger charge is 1.99. The first-order chi connectivity index (χ1) is 5.18. The fourth-order valence-electron chi connectivity index (χ4n) is 0.767. The topological polar surface area (TPSA) is 57.5 Å². The lowest BCUT2D eigenvalue weighted by Crippen LogP contribution is -1.99. The van der Waals surface area contributed by atoms with Gasteiger partial charge in [0.05, 0.1) is 6.42 Å². The van der Waals surface area contributed by atoms with Crippen molar-refractivity contribution in [3.05, 3.63) is 29.8 Å². The molecule has 0 heterocycles. The summed E-state index contributed by atoms with van der Waals surface area (Å²) in [6.45, 7) is 0. The summed E-state index contributed by atoms with van der Waals surface area (Å²) in [5.41, 5.74) is 0.484. The molecular formula is C8H7O3. The normalized spacial score (nSPS) is 9.45. The number of phenolic OH excluding ortho intramolecular Hbond substituents is 1. The monoisotopic (exact) mass is 151 g/mol. The van der Waals surface area contributed by atoms with Gasteiger partial charge >= 0.3 is 5.97 Å². The first-order valence-electron chi connectivity index (χ1n) is 3.10. The Morgan fingerprint density at radius 2 is 2.36 bits per heavy atom. The number of aliphatic carboxylic acids is 1. The van der Waals surface area contributed by atoms with Crippen LogP contribution in [-0.4, -0.2) is 16.2 Å². The summed E-state index contributed by atoms with van der Waals surface area (Å²) in [5.74, 6) is -0.855. The standard InChI is InChI=1S/C8H7O3/c9-7-3-1-2-6(4-7)5-8(10)11/h1,3-4,9H,5H2,(H,10,11). The van der Waals surface area contributed by atoms with E-state index < -0.39 is 5.97 Å². The molecule has 2 N–H and O–H groups in total. The van der Waals surface area contributed by atoms with Crippen LogP contribution in [0.5, 0.6) is 5.75 Å². The molecule has 0 spiro atoms. The maximum Gasteiger partial charge on any atom is 0.307 e. The summed E-state index contributed by atoms with van der Waals surface area (Å²) >= 11 is 0. The number of phenols is 1. The Labute approximate surface area is 63.9 Å². The van der Waals surface area contributed by atoms with Crippen LogP contribution in [-0.2, 0) is 11.2 Å². The van der Waals surface area contributed by atoms with E-state index >= 15 is 0 Å². The van der Waals surface area contributed by atoms with Crippen LogP contribution in [0.1, 0.15) is 5.56 Å². The van der Waals surface area contributed by atoms with Crippen LogP contribution >= 0.6 is 0 Å². The first kappa shape index (κ1) is 7.60. The van der Waals surface area contributed by atoms with Gasteiger partial charge in [-0.15, -0.1) is 0 Å². The Kier molecular flexibility index (Phi) is 2.11. The zero-order valence-electron chi connectivity index (χ0n) is 5.74. The van der Waals surface area contributed by atoms with Crippen molar-refractivity contribution >= 4 is 5.97 Å². The molecule has 0 amide bonds. The molecule has 1 rings (SSSR count). The highest BCUT2D eigenvalue weighted by atomic mass is 16.4. The molecule has 0 unspecified atom stereocenters. The molecule has 3 heteroatoms. The Morgan fingerprint density at radius 1 is 1.64 bits per heavy atom. The largest absolute Gasteiger partial charge is 0.508 e. The minimum absolute atomic E-state index is 0.0694. The van der Waals surface area contributed by atoms with Crippen LogP contribution in [0.3, 0.4) is 0 Å². The molecule has 11 heavy (non-hydrogen) atoms. The Bertz CT molecular complexity index is 268. The third kappa shape index (κ3) is 2.29. The minimum atomic E-state index is -0.924. The minimum Gasteiger partial charge on any atom is -0.508 e. The van der Waals surface area contributed by atoms with Crippen LogP contribution in [0.15, 0.2) is 18.2 Å². The molecule has 0 saturated heterocycles. The van der Waals surface area contributed by atoms with Crippen LogP contribution in [0.25, 0.3) is 0 Å². The van der Waals surface area contributed by atoms with Crippen LogP contribution in [0.2, 0.25) is 0 Å². The van der Waals surface area contributed by atoms with Crippen molar-refractivity contribution in [2.45, 2.75) is 6.42 Å². The molecule has 0 fully saturated rings. The lowest BCUT2D eigenvalue weighted by molar-refractivity contribution is -0.136. The molecule has 1 radical (unpaired) electrons. The molecule has 0 aliphatic carbocycles. The van der Waals surface area contributed by atoms with E-state index in [1.165, 1.54) is 18.2 Å². The molecule has 0 atom stereocenters. The van der Waals surface area contributed by atoms with Gasteiger partial charge in [-0.25, -0.2) is 0 Å². The number of carboxylic acid groups (broad SMARTS) is 1. The van der Waals surface area contributed by atoms with Crippen molar-refractivity contribution in [2.24, 2.45) is 0 Å². The van der Waals surface area contributed by atoms with Gasteiger partial charge in [0.1, 0.15) is 5.75 Å². The van der Waals surface area contributed by atoms with Crippen LogP contribution in [0.4, 0.5) is 0 Å². The highest BCUT2D eigenvalue weighted by molar-refractivity contribution is 5.70. The zero-order chi connectivity index (χ0) is 8.27. The summed E-state index contributed by atoms with van der Waals surface area (Å²) in [5, 5.41) is 17.3.